The zero-order chi connectivity index (χ0) is 14.6. The van der Waals surface area contributed by atoms with Gasteiger partial charge in [0.2, 0.25) is 12.5 Å². The maximum Gasteiger partial charge on any atom is 0.336 e. The van der Waals surface area contributed by atoms with Gasteiger partial charge in [0.05, 0.1) is 11.0 Å². The Bertz CT molecular complexity index is 776. The molecule has 0 bridgehead atoms. The highest BCUT2D eigenvalue weighted by Crippen LogP contribution is 2.46. The molecule has 1 fully saturated rings. The van der Waals surface area contributed by atoms with E-state index in [0.717, 1.165) is 0 Å². The van der Waals surface area contributed by atoms with Gasteiger partial charge in [-0.25, -0.2) is 4.79 Å². The third-order valence-electron chi connectivity index (χ3n) is 3.76. The smallest absolute Gasteiger partial charge is 0.336 e. The van der Waals surface area contributed by atoms with Crippen LogP contribution in [0.2, 0.25) is 0 Å². The van der Waals surface area contributed by atoms with Gasteiger partial charge in [0, 0.05) is 12.1 Å². The molecule has 0 N–H and O–H groups in total. The van der Waals surface area contributed by atoms with E-state index in [1.807, 2.05) is 13.8 Å². The number of hydrogen-bond donors (Lipinski definition) is 0. The summed E-state index contributed by atoms with van der Waals surface area (Å²) < 4.78 is 27.4. The van der Waals surface area contributed by atoms with Crippen LogP contribution < -0.4 is 19.8 Å². The third kappa shape index (κ3) is 2.03. The Morgan fingerprint density at radius 3 is 2.90 bits per heavy atom. The summed E-state index contributed by atoms with van der Waals surface area (Å²) in [5.74, 6) is 1.58. The summed E-state index contributed by atoms with van der Waals surface area (Å²) in [5, 5.41) is 0.678. The van der Waals surface area contributed by atoms with Gasteiger partial charge in [-0.05, 0) is 19.9 Å². The van der Waals surface area contributed by atoms with E-state index in [1.165, 1.54) is 6.07 Å². The Hall–Kier alpha value is -2.21. The molecule has 6 nitrogen and oxygen atoms in total. The van der Waals surface area contributed by atoms with E-state index < -0.39 is 5.63 Å². The number of benzene rings is 1. The van der Waals surface area contributed by atoms with Crippen molar-refractivity contribution in [3.63, 3.8) is 0 Å². The van der Waals surface area contributed by atoms with Crippen LogP contribution in [-0.2, 0) is 4.74 Å². The first-order valence-corrected chi connectivity index (χ1v) is 6.72. The molecule has 0 saturated carbocycles. The van der Waals surface area contributed by atoms with Crippen molar-refractivity contribution in [2.75, 3.05) is 13.4 Å². The van der Waals surface area contributed by atoms with Crippen molar-refractivity contribution in [2.24, 2.45) is 0 Å². The van der Waals surface area contributed by atoms with Gasteiger partial charge < -0.3 is 23.4 Å². The van der Waals surface area contributed by atoms with Crippen molar-refractivity contribution in [3.8, 4) is 17.2 Å². The average molecular weight is 290 g/mol. The van der Waals surface area contributed by atoms with Gasteiger partial charge in [0.25, 0.3) is 0 Å². The summed E-state index contributed by atoms with van der Waals surface area (Å²) in [6.45, 7) is 4.54. The minimum atomic E-state index is -0.418. The van der Waals surface area contributed by atoms with Gasteiger partial charge in [-0.1, -0.05) is 0 Å². The second-order valence-electron chi connectivity index (χ2n) is 5.63. The molecule has 1 aromatic heterocycles. The summed E-state index contributed by atoms with van der Waals surface area (Å²) in [7, 11) is 0. The van der Waals surface area contributed by atoms with Crippen molar-refractivity contribution in [1.29, 1.82) is 0 Å². The molecule has 6 heteroatoms. The fourth-order valence-electron chi connectivity index (χ4n) is 2.41. The molecule has 0 radical (unpaired) electrons. The van der Waals surface area contributed by atoms with E-state index in [2.05, 4.69) is 0 Å². The maximum absolute atomic E-state index is 11.4. The monoisotopic (exact) mass is 290 g/mol. The van der Waals surface area contributed by atoms with Crippen molar-refractivity contribution in [2.45, 2.75) is 25.6 Å². The van der Waals surface area contributed by atoms with Gasteiger partial charge in [0.1, 0.15) is 18.3 Å². The normalized spacial score (nSPS) is 21.5. The topological polar surface area (TPSA) is 70.4 Å². The number of ether oxygens (including phenoxy) is 4. The second kappa shape index (κ2) is 4.14. The molecule has 1 atom stereocenters. The van der Waals surface area contributed by atoms with Crippen LogP contribution in [0.25, 0.3) is 11.0 Å². The largest absolute Gasteiger partial charge is 0.486 e. The Morgan fingerprint density at radius 1 is 1.33 bits per heavy atom. The molecule has 0 amide bonds. The molecule has 0 spiro atoms. The van der Waals surface area contributed by atoms with Crippen LogP contribution in [0, 0.1) is 0 Å². The molecule has 1 aromatic carbocycles. The molecule has 3 heterocycles. The van der Waals surface area contributed by atoms with Crippen molar-refractivity contribution in [1.82, 2.24) is 0 Å². The van der Waals surface area contributed by atoms with Gasteiger partial charge in [0.15, 0.2) is 11.5 Å². The molecule has 0 aliphatic carbocycles. The predicted molar refractivity (Wildman–Crippen MR) is 73.1 cm³/mol. The Balaban J connectivity index is 1.76. The maximum atomic E-state index is 11.4. The lowest BCUT2D eigenvalue weighted by Gasteiger charge is -2.10. The Labute approximate surface area is 120 Å². The predicted octanol–water partition coefficient (Wildman–Crippen LogP) is 2.08. The van der Waals surface area contributed by atoms with Gasteiger partial charge in [-0.2, -0.15) is 0 Å². The van der Waals surface area contributed by atoms with Crippen molar-refractivity contribution >= 4 is 11.0 Å². The van der Waals surface area contributed by atoms with E-state index in [0.29, 0.717) is 34.8 Å². The Morgan fingerprint density at radius 2 is 2.14 bits per heavy atom. The van der Waals surface area contributed by atoms with E-state index in [-0.39, 0.29) is 18.5 Å². The first-order valence-electron chi connectivity index (χ1n) is 6.72. The zero-order valence-electron chi connectivity index (χ0n) is 11.7. The van der Waals surface area contributed by atoms with Crippen LogP contribution in [0.1, 0.15) is 13.8 Å². The fraction of sp³-hybridized carbons (Fsp3) is 0.400. The van der Waals surface area contributed by atoms with Crippen molar-refractivity contribution < 1.29 is 23.4 Å². The molecule has 2 aliphatic rings. The lowest BCUT2D eigenvalue weighted by Crippen LogP contribution is -2.12. The molecule has 1 unspecified atom stereocenters. The molecule has 21 heavy (non-hydrogen) atoms. The molecule has 4 rings (SSSR count). The van der Waals surface area contributed by atoms with E-state index in [4.69, 9.17) is 23.4 Å². The number of fused-ring (bicyclic) bond motifs is 2. The lowest BCUT2D eigenvalue weighted by atomic mass is 10.1. The van der Waals surface area contributed by atoms with Crippen LogP contribution in [0.3, 0.4) is 0 Å². The average Bonchev–Trinajstić information content (AvgIpc) is 2.84. The summed E-state index contributed by atoms with van der Waals surface area (Å²) >= 11 is 0. The quantitative estimate of drug-likeness (QED) is 0.636. The van der Waals surface area contributed by atoms with Crippen LogP contribution in [0.4, 0.5) is 0 Å². The highest BCUT2D eigenvalue weighted by Gasteiger charge is 2.48. The molecular weight excluding hydrogens is 276 g/mol. The Kier molecular flexibility index (Phi) is 2.47. The summed E-state index contributed by atoms with van der Waals surface area (Å²) in [5.41, 5.74) is -0.158. The van der Waals surface area contributed by atoms with Gasteiger partial charge in [-0.15, -0.1) is 0 Å². The molecule has 2 aliphatic heterocycles. The molecule has 2 aromatic rings. The number of hydrogen-bond acceptors (Lipinski definition) is 6. The van der Waals surface area contributed by atoms with Crippen LogP contribution in [-0.4, -0.2) is 25.1 Å². The summed E-state index contributed by atoms with van der Waals surface area (Å²) in [6.07, 6.45) is 0.0430. The lowest BCUT2D eigenvalue weighted by molar-refractivity contribution is 0.169. The minimum absolute atomic E-state index is 0.0430. The third-order valence-corrected chi connectivity index (χ3v) is 3.76. The van der Waals surface area contributed by atoms with E-state index in [1.54, 1.807) is 12.1 Å². The molecule has 1 saturated heterocycles. The van der Waals surface area contributed by atoms with E-state index in [9.17, 15) is 4.79 Å². The van der Waals surface area contributed by atoms with Crippen LogP contribution >= 0.6 is 0 Å². The number of rotatable bonds is 3. The SMILES string of the molecule is CC1(C)OC1COc1c2c(cc3oc(=O)ccc13)OCO2. The first-order chi connectivity index (χ1) is 10.0. The second-order valence-corrected chi connectivity index (χ2v) is 5.63. The summed E-state index contributed by atoms with van der Waals surface area (Å²) in [6, 6.07) is 4.66. The summed E-state index contributed by atoms with van der Waals surface area (Å²) in [4.78, 5) is 11.4. The minimum Gasteiger partial charge on any atom is -0.486 e. The highest BCUT2D eigenvalue weighted by molar-refractivity contribution is 5.89. The van der Waals surface area contributed by atoms with Crippen LogP contribution in [0.5, 0.6) is 17.2 Å². The zero-order valence-corrected chi connectivity index (χ0v) is 11.7. The first kappa shape index (κ1) is 12.5. The van der Waals surface area contributed by atoms with Crippen LogP contribution in [0.15, 0.2) is 27.4 Å². The fourth-order valence-corrected chi connectivity index (χ4v) is 2.41. The number of epoxide rings is 1. The standard InChI is InChI=1S/C15H14O6/c1-15(2)11(21-15)6-17-13-8-3-4-12(16)20-9(8)5-10-14(13)19-7-18-10/h3-5,11H,6-7H2,1-2H3. The molecular formula is C15H14O6. The molecule has 110 valence electrons. The van der Waals surface area contributed by atoms with Gasteiger partial charge >= 0.3 is 5.63 Å². The van der Waals surface area contributed by atoms with E-state index >= 15 is 0 Å². The van der Waals surface area contributed by atoms with Gasteiger partial charge in [-0.3, -0.25) is 0 Å². The van der Waals surface area contributed by atoms with Crippen molar-refractivity contribution in [3.05, 3.63) is 28.6 Å². The highest BCUT2D eigenvalue weighted by atomic mass is 16.7.